The van der Waals surface area contributed by atoms with Crippen molar-refractivity contribution in [1.29, 1.82) is 0 Å². The van der Waals surface area contributed by atoms with Gasteiger partial charge in [-0.2, -0.15) is 0 Å². The van der Waals surface area contributed by atoms with Gasteiger partial charge in [-0.3, -0.25) is 14.7 Å². The van der Waals surface area contributed by atoms with Gasteiger partial charge in [-0.1, -0.05) is 35.3 Å². The first kappa shape index (κ1) is 19.2. The Labute approximate surface area is 164 Å². The van der Waals surface area contributed by atoms with E-state index >= 15 is 0 Å². The highest BCUT2D eigenvalue weighted by atomic mass is 35.5. The molecule has 1 aromatic heterocycles. The van der Waals surface area contributed by atoms with Crippen LogP contribution in [0, 0.1) is 5.92 Å². The van der Waals surface area contributed by atoms with E-state index in [1.807, 2.05) is 31.3 Å². The number of piperidine rings is 1. The van der Waals surface area contributed by atoms with Crippen molar-refractivity contribution >= 4 is 29.1 Å². The quantitative estimate of drug-likeness (QED) is 0.816. The summed E-state index contributed by atoms with van der Waals surface area (Å²) in [4.78, 5) is 19.1. The van der Waals surface area contributed by atoms with Crippen LogP contribution in [0.25, 0.3) is 0 Å². The van der Waals surface area contributed by atoms with Crippen LogP contribution in [0.4, 0.5) is 0 Å². The lowest BCUT2D eigenvalue weighted by molar-refractivity contribution is -0.127. The number of nitrogens with one attached hydrogen (secondary N) is 1. The zero-order chi connectivity index (χ0) is 18.5. The predicted octanol–water partition coefficient (Wildman–Crippen LogP) is 4.48. The molecule has 1 unspecified atom stereocenters. The van der Waals surface area contributed by atoms with E-state index in [4.69, 9.17) is 23.2 Å². The second-order valence-electron chi connectivity index (χ2n) is 6.82. The van der Waals surface area contributed by atoms with Crippen LogP contribution in [-0.2, 0) is 11.3 Å². The fraction of sp³-hybridized carbons (Fsp3) is 0.400. The molecule has 6 heteroatoms. The van der Waals surface area contributed by atoms with Gasteiger partial charge in [-0.15, -0.1) is 0 Å². The second kappa shape index (κ2) is 8.85. The highest BCUT2D eigenvalue weighted by Crippen LogP contribution is 2.26. The fourth-order valence-electron chi connectivity index (χ4n) is 3.30. The monoisotopic (exact) mass is 391 g/mol. The minimum absolute atomic E-state index is 0.0605. The lowest BCUT2D eigenvalue weighted by Crippen LogP contribution is -2.40. The van der Waals surface area contributed by atoms with E-state index in [2.05, 4.69) is 21.3 Å². The third kappa shape index (κ3) is 4.97. The maximum Gasteiger partial charge on any atom is 0.223 e. The van der Waals surface area contributed by atoms with E-state index in [-0.39, 0.29) is 17.9 Å². The van der Waals surface area contributed by atoms with Crippen molar-refractivity contribution in [1.82, 2.24) is 15.2 Å². The molecule has 3 rings (SSSR count). The summed E-state index contributed by atoms with van der Waals surface area (Å²) in [6.07, 6.45) is 5.44. The van der Waals surface area contributed by atoms with Gasteiger partial charge in [0.05, 0.1) is 16.1 Å². The summed E-state index contributed by atoms with van der Waals surface area (Å²) in [7, 11) is 0. The molecule has 0 spiro atoms. The topological polar surface area (TPSA) is 45.2 Å². The summed E-state index contributed by atoms with van der Waals surface area (Å²) in [5, 5.41) is 4.14. The second-order valence-corrected chi connectivity index (χ2v) is 7.63. The molecule has 0 saturated carbocycles. The number of benzene rings is 1. The molecule has 2 heterocycles. The molecule has 2 aromatic rings. The van der Waals surface area contributed by atoms with E-state index in [1.54, 1.807) is 12.3 Å². The number of aromatic nitrogens is 1. The van der Waals surface area contributed by atoms with E-state index < -0.39 is 0 Å². The van der Waals surface area contributed by atoms with Gasteiger partial charge < -0.3 is 5.32 Å². The molecule has 1 N–H and O–H groups in total. The number of likely N-dealkylation sites (tertiary alicyclic amines) is 1. The number of halogens is 2. The number of carbonyl (C=O) groups excluding carboxylic acids is 1. The molecule has 1 aliphatic rings. The molecule has 0 bridgehead atoms. The van der Waals surface area contributed by atoms with Gasteiger partial charge in [-0.05, 0) is 62.2 Å². The lowest BCUT2D eigenvalue weighted by Gasteiger charge is -2.31. The predicted molar refractivity (Wildman–Crippen MR) is 105 cm³/mol. The van der Waals surface area contributed by atoms with Crippen LogP contribution in [0.5, 0.6) is 0 Å². The van der Waals surface area contributed by atoms with Crippen LogP contribution in [0.3, 0.4) is 0 Å². The Kier molecular flexibility index (Phi) is 6.52. The molecule has 138 valence electrons. The standard InChI is InChI=1S/C20H23Cl2N3O/c1-14(17-4-5-18(21)19(22)11-17)24-20(26)16-6-9-25(10-7-16)13-15-3-2-8-23-12-15/h2-5,8,11-12,14,16H,6-7,9-10,13H2,1H3,(H,24,26). The largest absolute Gasteiger partial charge is 0.349 e. The molecule has 0 radical (unpaired) electrons. The zero-order valence-corrected chi connectivity index (χ0v) is 16.3. The fourth-order valence-corrected chi connectivity index (χ4v) is 3.61. The number of hydrogen-bond acceptors (Lipinski definition) is 3. The summed E-state index contributed by atoms with van der Waals surface area (Å²) in [6.45, 7) is 4.71. The molecule has 1 fully saturated rings. The van der Waals surface area contributed by atoms with E-state index in [9.17, 15) is 4.79 Å². The van der Waals surface area contributed by atoms with Gasteiger partial charge in [0.1, 0.15) is 0 Å². The molecule has 26 heavy (non-hydrogen) atoms. The van der Waals surface area contributed by atoms with Gasteiger partial charge in [0, 0.05) is 24.9 Å². The average Bonchev–Trinajstić information content (AvgIpc) is 2.65. The number of hydrogen-bond donors (Lipinski definition) is 1. The van der Waals surface area contributed by atoms with Gasteiger partial charge in [-0.25, -0.2) is 0 Å². The van der Waals surface area contributed by atoms with Gasteiger partial charge in [0.2, 0.25) is 5.91 Å². The molecule has 1 amide bonds. The Morgan fingerprint density at radius 3 is 2.69 bits per heavy atom. The maximum atomic E-state index is 12.6. The highest BCUT2D eigenvalue weighted by Gasteiger charge is 2.26. The van der Waals surface area contributed by atoms with Crippen LogP contribution >= 0.6 is 23.2 Å². The zero-order valence-electron chi connectivity index (χ0n) is 14.8. The number of pyridine rings is 1. The van der Waals surface area contributed by atoms with Crippen molar-refractivity contribution < 1.29 is 4.79 Å². The van der Waals surface area contributed by atoms with Crippen LogP contribution in [0.2, 0.25) is 10.0 Å². The molecule has 4 nitrogen and oxygen atoms in total. The normalized spacial score (nSPS) is 17.0. The Bertz CT molecular complexity index is 746. The van der Waals surface area contributed by atoms with Crippen molar-refractivity contribution in [3.8, 4) is 0 Å². The minimum atomic E-state index is -0.0920. The molecule has 1 aromatic carbocycles. The van der Waals surface area contributed by atoms with Crippen LogP contribution < -0.4 is 5.32 Å². The smallest absolute Gasteiger partial charge is 0.223 e. The molecule has 1 atom stereocenters. The number of rotatable bonds is 5. The third-order valence-corrected chi connectivity index (χ3v) is 5.63. The number of carbonyl (C=O) groups is 1. The molecule has 1 aliphatic heterocycles. The summed E-state index contributed by atoms with van der Waals surface area (Å²) >= 11 is 12.0. The van der Waals surface area contributed by atoms with Crippen molar-refractivity contribution in [3.05, 3.63) is 63.9 Å². The molecule has 0 aliphatic carbocycles. The van der Waals surface area contributed by atoms with Gasteiger partial charge in [0.25, 0.3) is 0 Å². The van der Waals surface area contributed by atoms with Crippen molar-refractivity contribution in [2.75, 3.05) is 13.1 Å². The van der Waals surface area contributed by atoms with Crippen molar-refractivity contribution in [3.63, 3.8) is 0 Å². The Morgan fingerprint density at radius 1 is 1.27 bits per heavy atom. The first-order valence-electron chi connectivity index (χ1n) is 8.89. The summed E-state index contributed by atoms with van der Waals surface area (Å²) < 4.78 is 0. The van der Waals surface area contributed by atoms with Crippen molar-refractivity contribution in [2.24, 2.45) is 5.92 Å². The SMILES string of the molecule is CC(NC(=O)C1CCN(Cc2cccnc2)CC1)c1ccc(Cl)c(Cl)c1. The average molecular weight is 392 g/mol. The Morgan fingerprint density at radius 2 is 2.04 bits per heavy atom. The highest BCUT2D eigenvalue weighted by molar-refractivity contribution is 6.42. The van der Waals surface area contributed by atoms with Gasteiger partial charge >= 0.3 is 0 Å². The summed E-state index contributed by atoms with van der Waals surface area (Å²) in [6, 6.07) is 9.43. The van der Waals surface area contributed by atoms with E-state index in [0.717, 1.165) is 38.0 Å². The number of amides is 1. The first-order valence-corrected chi connectivity index (χ1v) is 9.65. The number of nitrogens with zero attached hydrogens (tertiary/aromatic N) is 2. The van der Waals surface area contributed by atoms with Crippen LogP contribution in [0.1, 0.15) is 36.9 Å². The van der Waals surface area contributed by atoms with Crippen LogP contribution in [-0.4, -0.2) is 28.9 Å². The van der Waals surface area contributed by atoms with E-state index in [1.165, 1.54) is 5.56 Å². The summed E-state index contributed by atoms with van der Waals surface area (Å²) in [5.41, 5.74) is 2.17. The molecular weight excluding hydrogens is 369 g/mol. The minimum Gasteiger partial charge on any atom is -0.349 e. The van der Waals surface area contributed by atoms with E-state index in [0.29, 0.717) is 10.0 Å². The van der Waals surface area contributed by atoms with Gasteiger partial charge in [0.15, 0.2) is 0 Å². The third-order valence-electron chi connectivity index (χ3n) is 4.89. The Balaban J connectivity index is 1.49. The summed E-state index contributed by atoms with van der Waals surface area (Å²) in [5.74, 6) is 0.176. The molecular formula is C20H23Cl2N3O. The molecule has 1 saturated heterocycles. The Hall–Kier alpha value is -1.62. The van der Waals surface area contributed by atoms with Crippen molar-refractivity contribution in [2.45, 2.75) is 32.4 Å². The lowest BCUT2D eigenvalue weighted by atomic mass is 9.95. The van der Waals surface area contributed by atoms with Crippen LogP contribution in [0.15, 0.2) is 42.7 Å². The maximum absolute atomic E-state index is 12.6. The first-order chi connectivity index (χ1) is 12.5.